The lowest BCUT2D eigenvalue weighted by Gasteiger charge is -2.31. The van der Waals surface area contributed by atoms with Crippen LogP contribution in [0.15, 0.2) is 76.6 Å². The third kappa shape index (κ3) is 5.98. The average molecular weight is 668 g/mol. The number of amides is 3. The fourth-order valence-corrected chi connectivity index (χ4v) is 8.02. The number of benzene rings is 3. The maximum absolute atomic E-state index is 14.0. The number of ether oxygens (including phenoxy) is 2. The molecule has 6 rings (SSSR count). The molecule has 1 fully saturated rings. The molecule has 2 aliphatic rings. The SMILES string of the molecule is CCOC(=O)c1ccc(NC(=O)COc2ccc(Cl)cc2[C@@H]2c3sc(=O)[nH]c3S[C@H]3C(=O)N(c4ccc(F)cc4)C(=O)[C@@H]23)cc1. The number of carbonyl (C=O) groups excluding carboxylic acids is 4. The van der Waals surface area contributed by atoms with E-state index < -0.39 is 53.2 Å². The van der Waals surface area contributed by atoms with Crippen LogP contribution in [0.3, 0.4) is 0 Å². The van der Waals surface area contributed by atoms with Crippen molar-refractivity contribution < 1.29 is 33.0 Å². The second-order valence-electron chi connectivity index (χ2n) is 10.1. The normalized spacial score (nSPS) is 18.7. The van der Waals surface area contributed by atoms with Gasteiger partial charge in [-0.3, -0.25) is 19.2 Å². The van der Waals surface area contributed by atoms with Gasteiger partial charge in [0.25, 0.3) is 5.91 Å². The van der Waals surface area contributed by atoms with Crippen LogP contribution in [0.4, 0.5) is 15.8 Å². The van der Waals surface area contributed by atoms with Crippen molar-refractivity contribution in [1.82, 2.24) is 4.98 Å². The lowest BCUT2D eigenvalue weighted by Crippen LogP contribution is -2.32. The zero-order valence-corrected chi connectivity index (χ0v) is 25.8. The Morgan fingerprint density at radius 3 is 2.47 bits per heavy atom. The van der Waals surface area contributed by atoms with Gasteiger partial charge in [0.2, 0.25) is 11.8 Å². The molecule has 0 saturated carbocycles. The Bertz CT molecular complexity index is 1880. The van der Waals surface area contributed by atoms with E-state index in [4.69, 9.17) is 21.1 Å². The van der Waals surface area contributed by atoms with Gasteiger partial charge in [0.05, 0.1) is 28.8 Å². The molecule has 14 heteroatoms. The number of halogens is 2. The molecule has 0 unspecified atom stereocenters. The number of thiazole rings is 1. The highest BCUT2D eigenvalue weighted by Gasteiger charge is 2.56. The number of rotatable bonds is 8. The minimum Gasteiger partial charge on any atom is -0.483 e. The summed E-state index contributed by atoms with van der Waals surface area (Å²) in [4.78, 5) is 68.7. The summed E-state index contributed by atoms with van der Waals surface area (Å²) in [6.07, 6.45) is 0. The summed E-state index contributed by atoms with van der Waals surface area (Å²) in [7, 11) is 0. The third-order valence-corrected chi connectivity index (χ3v) is 9.89. The molecule has 3 heterocycles. The van der Waals surface area contributed by atoms with E-state index in [0.717, 1.165) is 28.0 Å². The monoisotopic (exact) mass is 667 g/mol. The molecule has 1 aromatic heterocycles. The van der Waals surface area contributed by atoms with Crippen molar-refractivity contribution in [2.24, 2.45) is 5.92 Å². The van der Waals surface area contributed by atoms with Gasteiger partial charge in [0.15, 0.2) is 6.61 Å². The molecule has 0 bridgehead atoms. The molecular weight excluding hydrogens is 645 g/mol. The number of thioether (sulfide) groups is 1. The molecule has 2 N–H and O–H groups in total. The van der Waals surface area contributed by atoms with E-state index >= 15 is 0 Å². The molecule has 2 aliphatic heterocycles. The number of H-pyrrole nitrogens is 1. The highest BCUT2D eigenvalue weighted by atomic mass is 35.5. The van der Waals surface area contributed by atoms with Crippen molar-refractivity contribution >= 4 is 69.8 Å². The van der Waals surface area contributed by atoms with Crippen molar-refractivity contribution in [2.75, 3.05) is 23.4 Å². The summed E-state index contributed by atoms with van der Waals surface area (Å²) >= 11 is 8.42. The van der Waals surface area contributed by atoms with Crippen molar-refractivity contribution in [1.29, 1.82) is 0 Å². The lowest BCUT2D eigenvalue weighted by molar-refractivity contribution is -0.122. The van der Waals surface area contributed by atoms with E-state index in [1.165, 1.54) is 36.4 Å². The Kier molecular flexibility index (Phi) is 8.49. The van der Waals surface area contributed by atoms with Gasteiger partial charge in [-0.15, -0.1) is 0 Å². The molecule has 10 nitrogen and oxygen atoms in total. The topological polar surface area (TPSA) is 135 Å². The van der Waals surface area contributed by atoms with Gasteiger partial charge < -0.3 is 19.8 Å². The molecule has 45 heavy (non-hydrogen) atoms. The molecule has 1 saturated heterocycles. The molecule has 3 atom stereocenters. The first-order valence-corrected chi connectivity index (χ1v) is 15.7. The first-order valence-electron chi connectivity index (χ1n) is 13.7. The Hall–Kier alpha value is -4.46. The number of aromatic nitrogens is 1. The number of esters is 1. The Labute approximate surface area is 268 Å². The summed E-state index contributed by atoms with van der Waals surface area (Å²) < 4.78 is 24.5. The molecule has 0 spiro atoms. The van der Waals surface area contributed by atoms with Gasteiger partial charge >= 0.3 is 10.8 Å². The van der Waals surface area contributed by atoms with E-state index in [-0.39, 0.29) is 22.9 Å². The number of anilines is 2. The Morgan fingerprint density at radius 2 is 1.76 bits per heavy atom. The maximum Gasteiger partial charge on any atom is 0.338 e. The van der Waals surface area contributed by atoms with Crippen LogP contribution in [-0.2, 0) is 19.1 Å². The minimum atomic E-state index is -0.945. The zero-order valence-electron chi connectivity index (χ0n) is 23.4. The van der Waals surface area contributed by atoms with Crippen LogP contribution >= 0.6 is 34.7 Å². The number of carbonyl (C=O) groups is 4. The summed E-state index contributed by atoms with van der Waals surface area (Å²) in [5.41, 5.74) is 1.41. The van der Waals surface area contributed by atoms with Crippen molar-refractivity contribution in [3.8, 4) is 5.75 Å². The van der Waals surface area contributed by atoms with Gasteiger partial charge in [-0.1, -0.05) is 34.7 Å². The van der Waals surface area contributed by atoms with E-state index in [1.54, 1.807) is 37.3 Å². The molecular formula is C31H23ClFN3O7S2. The standard InChI is InChI=1S/C31H23ClFN3O7S2/c1-2-42-30(40)15-3-8-18(9-4-15)34-22(37)14-43-21-12-5-16(32)13-20(21)23-24-26(44-27-25(23)45-31(41)35-27)29(39)36(28(24)38)19-10-6-17(33)7-11-19/h3-13,23-24,26H,2,14H2,1H3,(H,34,37)(H,35,41)/t23-,24-,26+/m0/s1. The van der Waals surface area contributed by atoms with Crippen LogP contribution in [0.25, 0.3) is 0 Å². The van der Waals surface area contributed by atoms with Crippen LogP contribution in [0.2, 0.25) is 5.02 Å². The van der Waals surface area contributed by atoms with Crippen molar-refractivity contribution in [3.63, 3.8) is 0 Å². The Balaban J connectivity index is 1.28. The summed E-state index contributed by atoms with van der Waals surface area (Å²) in [5, 5.41) is 2.57. The fourth-order valence-electron chi connectivity index (χ4n) is 5.34. The first-order chi connectivity index (χ1) is 21.6. The van der Waals surface area contributed by atoms with E-state index in [1.807, 2.05) is 0 Å². The highest BCUT2D eigenvalue weighted by molar-refractivity contribution is 8.00. The number of hydrogen-bond donors (Lipinski definition) is 2. The number of nitrogens with zero attached hydrogens (tertiary/aromatic N) is 1. The summed E-state index contributed by atoms with van der Waals surface area (Å²) in [5.74, 6) is -4.04. The van der Waals surface area contributed by atoms with E-state index in [9.17, 15) is 28.4 Å². The second-order valence-corrected chi connectivity index (χ2v) is 12.7. The predicted molar refractivity (Wildman–Crippen MR) is 167 cm³/mol. The maximum atomic E-state index is 14.0. The van der Waals surface area contributed by atoms with E-state index in [2.05, 4.69) is 10.3 Å². The molecule has 230 valence electrons. The smallest absolute Gasteiger partial charge is 0.338 e. The quantitative estimate of drug-likeness (QED) is 0.193. The number of aromatic amines is 1. The average Bonchev–Trinajstić information content (AvgIpc) is 3.51. The summed E-state index contributed by atoms with van der Waals surface area (Å²) in [6, 6.07) is 15.9. The predicted octanol–water partition coefficient (Wildman–Crippen LogP) is 5.22. The molecule has 3 aromatic carbocycles. The molecule has 0 aliphatic carbocycles. The van der Waals surface area contributed by atoms with Gasteiger partial charge in [0, 0.05) is 27.1 Å². The zero-order chi connectivity index (χ0) is 31.8. The van der Waals surface area contributed by atoms with Crippen LogP contribution in [0.1, 0.15) is 33.6 Å². The number of hydrogen-bond acceptors (Lipinski definition) is 9. The molecule has 4 aromatic rings. The van der Waals surface area contributed by atoms with Gasteiger partial charge in [-0.05, 0) is 73.7 Å². The second kappa shape index (κ2) is 12.5. The van der Waals surface area contributed by atoms with Crippen molar-refractivity contribution in [3.05, 3.63) is 103 Å². The van der Waals surface area contributed by atoms with Gasteiger partial charge in [-0.2, -0.15) is 0 Å². The highest BCUT2D eigenvalue weighted by Crippen LogP contribution is 2.54. The first kappa shape index (κ1) is 30.6. The van der Waals surface area contributed by atoms with Crippen LogP contribution in [0.5, 0.6) is 5.75 Å². The van der Waals surface area contributed by atoms with Gasteiger partial charge in [-0.25, -0.2) is 14.1 Å². The van der Waals surface area contributed by atoms with Gasteiger partial charge in [0.1, 0.15) is 16.8 Å². The van der Waals surface area contributed by atoms with Crippen LogP contribution in [-0.4, -0.2) is 47.1 Å². The number of imide groups is 1. The Morgan fingerprint density at radius 1 is 1.02 bits per heavy atom. The van der Waals surface area contributed by atoms with Crippen LogP contribution in [0, 0.1) is 11.7 Å². The van der Waals surface area contributed by atoms with Crippen molar-refractivity contribution in [2.45, 2.75) is 23.1 Å². The summed E-state index contributed by atoms with van der Waals surface area (Å²) in [6.45, 7) is 1.52. The minimum absolute atomic E-state index is 0.228. The van der Waals surface area contributed by atoms with E-state index in [0.29, 0.717) is 31.7 Å². The lowest BCUT2D eigenvalue weighted by atomic mass is 9.82. The molecule has 0 radical (unpaired) electrons. The third-order valence-electron chi connectivity index (χ3n) is 7.25. The number of fused-ring (bicyclic) bond motifs is 2. The van der Waals surface area contributed by atoms with Crippen LogP contribution < -0.4 is 19.8 Å². The number of nitrogens with one attached hydrogen (secondary N) is 2. The largest absolute Gasteiger partial charge is 0.483 e. The fraction of sp³-hybridized carbons (Fsp3) is 0.194. The molecule has 3 amide bonds.